The van der Waals surface area contributed by atoms with Crippen LogP contribution in [0.15, 0.2) is 30.3 Å². The normalized spacial score (nSPS) is 33.7. The van der Waals surface area contributed by atoms with Crippen molar-refractivity contribution in [1.29, 1.82) is 0 Å². The Kier molecular flexibility index (Phi) is 2.08. The Morgan fingerprint density at radius 1 is 1.40 bits per heavy atom. The number of rotatable bonds is 3. The summed E-state index contributed by atoms with van der Waals surface area (Å²) < 4.78 is 5.43. The minimum atomic E-state index is -1.14. The molecule has 0 saturated carbocycles. The Morgan fingerprint density at radius 2 is 2.00 bits per heavy atom. The largest absolute Gasteiger partial charge is 0.547 e. The molecule has 1 heterocycles. The molecular weight excluding hydrogens is 192 g/mol. The molecule has 2 rings (SSSR count). The number of benzene rings is 1. The summed E-state index contributed by atoms with van der Waals surface area (Å²) in [5.74, 6) is -1.13. The van der Waals surface area contributed by atoms with Crippen LogP contribution in [0.1, 0.15) is 25.8 Å². The first-order chi connectivity index (χ1) is 7.07. The molecule has 0 N–H and O–H groups in total. The highest BCUT2D eigenvalue weighted by Crippen LogP contribution is 2.57. The van der Waals surface area contributed by atoms with Crippen LogP contribution in [-0.4, -0.2) is 11.6 Å². The van der Waals surface area contributed by atoms with Crippen molar-refractivity contribution in [2.75, 3.05) is 0 Å². The molecule has 1 aliphatic rings. The summed E-state index contributed by atoms with van der Waals surface area (Å²) >= 11 is 0. The van der Waals surface area contributed by atoms with Gasteiger partial charge in [0.2, 0.25) is 0 Å². The van der Waals surface area contributed by atoms with Crippen LogP contribution in [0.4, 0.5) is 0 Å². The quantitative estimate of drug-likeness (QED) is 0.687. The summed E-state index contributed by atoms with van der Waals surface area (Å²) in [5, 5.41) is 11.1. The van der Waals surface area contributed by atoms with E-state index in [-0.39, 0.29) is 0 Å². The molecule has 1 aliphatic heterocycles. The molecule has 3 nitrogen and oxygen atoms in total. The van der Waals surface area contributed by atoms with Crippen molar-refractivity contribution < 1.29 is 14.6 Å². The van der Waals surface area contributed by atoms with Gasteiger partial charge in [-0.25, -0.2) is 0 Å². The Hall–Kier alpha value is -1.35. The summed E-state index contributed by atoms with van der Waals surface area (Å²) in [5.41, 5.74) is -0.994. The number of hydrogen-bond donors (Lipinski definition) is 0. The van der Waals surface area contributed by atoms with Gasteiger partial charge in [-0.05, 0) is 18.9 Å². The van der Waals surface area contributed by atoms with Gasteiger partial charge in [0.15, 0.2) is 0 Å². The summed E-state index contributed by atoms with van der Waals surface area (Å²) in [7, 11) is 0. The molecule has 3 heteroatoms. The smallest absolute Gasteiger partial charge is 0.141 e. The Bertz CT molecular complexity index is 387. The molecule has 0 aromatic heterocycles. The molecule has 1 saturated heterocycles. The molecule has 0 bridgehead atoms. The second-order valence-electron chi connectivity index (χ2n) is 3.97. The lowest BCUT2D eigenvalue weighted by molar-refractivity contribution is -0.312. The van der Waals surface area contributed by atoms with Gasteiger partial charge < -0.3 is 14.6 Å². The molecule has 0 radical (unpaired) electrons. The second-order valence-corrected chi connectivity index (χ2v) is 3.97. The van der Waals surface area contributed by atoms with Crippen molar-refractivity contribution in [3.8, 4) is 0 Å². The number of carbonyl (C=O) groups excluding carboxylic acids is 1. The molecule has 1 aromatic rings. The van der Waals surface area contributed by atoms with Gasteiger partial charge in [-0.3, -0.25) is 0 Å². The van der Waals surface area contributed by atoms with Crippen LogP contribution < -0.4 is 5.11 Å². The molecule has 80 valence electrons. The molecule has 0 amide bonds. The van der Waals surface area contributed by atoms with Gasteiger partial charge in [-0.15, -0.1) is 0 Å². The van der Waals surface area contributed by atoms with Gasteiger partial charge in [0.05, 0.1) is 5.97 Å². The van der Waals surface area contributed by atoms with E-state index in [2.05, 4.69) is 0 Å². The van der Waals surface area contributed by atoms with E-state index in [0.717, 1.165) is 5.56 Å². The molecule has 2 atom stereocenters. The van der Waals surface area contributed by atoms with Crippen LogP contribution in [-0.2, 0) is 15.1 Å². The lowest BCUT2D eigenvalue weighted by Gasteiger charge is -2.16. The highest BCUT2D eigenvalue weighted by molar-refractivity contribution is 5.81. The van der Waals surface area contributed by atoms with Gasteiger partial charge in [0, 0.05) is 0 Å². The maximum atomic E-state index is 11.1. The fourth-order valence-corrected chi connectivity index (χ4v) is 2.16. The predicted molar refractivity (Wildman–Crippen MR) is 52.9 cm³/mol. The van der Waals surface area contributed by atoms with E-state index in [1.807, 2.05) is 30.3 Å². The van der Waals surface area contributed by atoms with Crippen LogP contribution in [0.25, 0.3) is 0 Å². The second kappa shape index (κ2) is 3.07. The van der Waals surface area contributed by atoms with Crippen molar-refractivity contribution in [2.24, 2.45) is 0 Å². The van der Waals surface area contributed by atoms with Crippen LogP contribution in [0.3, 0.4) is 0 Å². The van der Waals surface area contributed by atoms with Crippen molar-refractivity contribution >= 4 is 5.97 Å². The minimum absolute atomic E-state index is 0.417. The number of epoxide rings is 1. The minimum Gasteiger partial charge on any atom is -0.547 e. The molecule has 0 spiro atoms. The Balaban J connectivity index is 2.37. The van der Waals surface area contributed by atoms with Gasteiger partial charge >= 0.3 is 0 Å². The summed E-state index contributed by atoms with van der Waals surface area (Å²) in [6, 6.07) is 9.39. The number of aliphatic carboxylic acids is 1. The van der Waals surface area contributed by atoms with Gasteiger partial charge in [0.1, 0.15) is 11.2 Å². The summed E-state index contributed by atoms with van der Waals surface area (Å²) in [6.45, 7) is 3.59. The van der Waals surface area contributed by atoms with Crippen molar-refractivity contribution in [3.63, 3.8) is 0 Å². The standard InChI is InChI=1S/C12H14O3/c1-3-12(10(13)14)11(2,15-12)9-7-5-4-6-8-9/h4-8H,3H2,1-2H3,(H,13,14)/p-1. The van der Waals surface area contributed by atoms with Gasteiger partial charge in [-0.1, -0.05) is 37.3 Å². The number of carbonyl (C=O) groups is 1. The first-order valence-electron chi connectivity index (χ1n) is 5.04. The third-order valence-corrected chi connectivity index (χ3v) is 3.26. The van der Waals surface area contributed by atoms with Crippen molar-refractivity contribution in [3.05, 3.63) is 35.9 Å². The van der Waals surface area contributed by atoms with Crippen LogP contribution >= 0.6 is 0 Å². The van der Waals surface area contributed by atoms with E-state index >= 15 is 0 Å². The zero-order valence-corrected chi connectivity index (χ0v) is 8.82. The average Bonchev–Trinajstić information content (AvgIpc) is 2.89. The topological polar surface area (TPSA) is 52.7 Å². The first kappa shape index (κ1) is 10.2. The highest BCUT2D eigenvalue weighted by atomic mass is 16.6. The molecule has 0 aliphatic carbocycles. The van der Waals surface area contributed by atoms with E-state index < -0.39 is 17.2 Å². The lowest BCUT2D eigenvalue weighted by atomic mass is 9.86. The number of ether oxygens (including phenoxy) is 1. The lowest BCUT2D eigenvalue weighted by Crippen LogP contribution is -2.42. The summed E-state index contributed by atoms with van der Waals surface area (Å²) in [4.78, 5) is 11.1. The molecular formula is C12H13O3-. The van der Waals surface area contributed by atoms with E-state index in [1.54, 1.807) is 13.8 Å². The number of carboxylic acids is 1. The highest BCUT2D eigenvalue weighted by Gasteiger charge is 2.67. The maximum absolute atomic E-state index is 11.1. The Morgan fingerprint density at radius 3 is 2.40 bits per heavy atom. The monoisotopic (exact) mass is 205 g/mol. The maximum Gasteiger partial charge on any atom is 0.141 e. The van der Waals surface area contributed by atoms with Crippen molar-refractivity contribution in [1.82, 2.24) is 0 Å². The zero-order valence-electron chi connectivity index (χ0n) is 8.82. The van der Waals surface area contributed by atoms with Crippen LogP contribution in [0.5, 0.6) is 0 Å². The van der Waals surface area contributed by atoms with E-state index in [1.165, 1.54) is 0 Å². The average molecular weight is 205 g/mol. The fraction of sp³-hybridized carbons (Fsp3) is 0.417. The van der Waals surface area contributed by atoms with Gasteiger partial charge in [0.25, 0.3) is 0 Å². The molecule has 2 unspecified atom stereocenters. The first-order valence-corrected chi connectivity index (χ1v) is 5.04. The molecule has 1 fully saturated rings. The number of hydrogen-bond acceptors (Lipinski definition) is 3. The fourth-order valence-electron chi connectivity index (χ4n) is 2.16. The third kappa shape index (κ3) is 1.20. The van der Waals surface area contributed by atoms with E-state index in [4.69, 9.17) is 4.74 Å². The van der Waals surface area contributed by atoms with Gasteiger partial charge in [-0.2, -0.15) is 0 Å². The molecule has 15 heavy (non-hydrogen) atoms. The van der Waals surface area contributed by atoms with Crippen LogP contribution in [0, 0.1) is 0 Å². The predicted octanol–water partition coefficient (Wildman–Crippen LogP) is 0.831. The SMILES string of the molecule is CCC1(C(=O)[O-])OC1(C)c1ccccc1. The van der Waals surface area contributed by atoms with E-state index in [9.17, 15) is 9.90 Å². The van der Waals surface area contributed by atoms with E-state index in [0.29, 0.717) is 6.42 Å². The molecule has 1 aromatic carbocycles. The zero-order chi connectivity index (χ0) is 11.1. The van der Waals surface area contributed by atoms with Crippen molar-refractivity contribution in [2.45, 2.75) is 31.5 Å². The van der Waals surface area contributed by atoms with Crippen LogP contribution in [0.2, 0.25) is 0 Å². The third-order valence-electron chi connectivity index (χ3n) is 3.26. The number of carboxylic acid groups (broad SMARTS) is 1. The Labute approximate surface area is 88.7 Å². The summed E-state index contributed by atoms with van der Waals surface area (Å²) in [6.07, 6.45) is 0.417.